The average Bonchev–Trinajstić information content (AvgIpc) is 2.47. The predicted molar refractivity (Wildman–Crippen MR) is 95.5 cm³/mol. The van der Waals surface area contributed by atoms with Crippen LogP contribution in [0.3, 0.4) is 0 Å². The zero-order chi connectivity index (χ0) is 17.4. The van der Waals surface area contributed by atoms with Gasteiger partial charge in [0.25, 0.3) is 0 Å². The molecule has 1 saturated heterocycles. The molecule has 2 nitrogen and oxygen atoms in total. The lowest BCUT2D eigenvalue weighted by atomic mass is 10.0. The normalized spacial score (nSPS) is 27.4. The molecule has 0 aromatic heterocycles. The fraction of sp³-hybridized carbons (Fsp3) is 0.471. The Hall–Kier alpha value is -1.21. The number of fused-ring (bicyclic) bond motifs is 1. The average molecular weight is 372 g/mol. The molecule has 0 saturated carbocycles. The number of hydrogen-bond acceptors (Lipinski definition) is 3. The molecule has 1 unspecified atom stereocenters. The van der Waals surface area contributed by atoms with Crippen LogP contribution in [0.15, 0.2) is 36.2 Å². The molecule has 2 heterocycles. The van der Waals surface area contributed by atoms with Crippen LogP contribution in [-0.2, 0) is 4.87 Å². The van der Waals surface area contributed by atoms with Gasteiger partial charge in [0, 0.05) is 6.54 Å². The number of thiocarbonyl (C=S) groups is 1. The largest absolute Gasteiger partial charge is 0.425 e. The SMILES string of the molecule is Cc1cccc(C2(C(F)(F)F)N/C3=C/CCCCCN3C(=S)S2)c1. The topological polar surface area (TPSA) is 15.3 Å². The summed E-state index contributed by atoms with van der Waals surface area (Å²) in [5, 5.41) is 2.79. The monoisotopic (exact) mass is 372 g/mol. The molecular weight excluding hydrogens is 353 g/mol. The molecule has 2 aliphatic rings. The highest BCUT2D eigenvalue weighted by molar-refractivity contribution is 8.23. The van der Waals surface area contributed by atoms with Crippen LogP contribution in [0.25, 0.3) is 0 Å². The van der Waals surface area contributed by atoms with E-state index in [1.165, 1.54) is 6.07 Å². The van der Waals surface area contributed by atoms with E-state index in [2.05, 4.69) is 5.32 Å². The molecule has 7 heteroatoms. The van der Waals surface area contributed by atoms with Crippen molar-refractivity contribution in [2.24, 2.45) is 0 Å². The number of thioether (sulfide) groups is 1. The van der Waals surface area contributed by atoms with Gasteiger partial charge in [-0.25, -0.2) is 0 Å². The quantitative estimate of drug-likeness (QED) is 0.694. The first-order chi connectivity index (χ1) is 11.3. The summed E-state index contributed by atoms with van der Waals surface area (Å²) in [4.78, 5) is -0.434. The molecule has 1 N–H and O–H groups in total. The van der Waals surface area contributed by atoms with Gasteiger partial charge in [0.2, 0.25) is 4.87 Å². The second kappa shape index (κ2) is 6.59. The van der Waals surface area contributed by atoms with Crippen LogP contribution in [0.1, 0.15) is 36.8 Å². The molecule has 3 rings (SSSR count). The Labute approximate surface area is 149 Å². The summed E-state index contributed by atoms with van der Waals surface area (Å²) in [6.45, 7) is 2.45. The minimum atomic E-state index is -4.48. The zero-order valence-corrected chi connectivity index (χ0v) is 15.0. The van der Waals surface area contributed by atoms with E-state index in [4.69, 9.17) is 12.2 Å². The first kappa shape index (κ1) is 17.6. The number of nitrogens with zero attached hydrogens (tertiary/aromatic N) is 1. The van der Waals surface area contributed by atoms with Crippen molar-refractivity contribution in [1.82, 2.24) is 10.2 Å². The lowest BCUT2D eigenvalue weighted by Crippen LogP contribution is -2.58. The highest BCUT2D eigenvalue weighted by Gasteiger charge is 2.60. The third kappa shape index (κ3) is 3.16. The van der Waals surface area contributed by atoms with Gasteiger partial charge >= 0.3 is 6.18 Å². The minimum Gasteiger partial charge on any atom is -0.346 e. The van der Waals surface area contributed by atoms with Crippen molar-refractivity contribution in [3.8, 4) is 0 Å². The molecule has 0 spiro atoms. The van der Waals surface area contributed by atoms with Gasteiger partial charge in [-0.3, -0.25) is 0 Å². The van der Waals surface area contributed by atoms with Crippen molar-refractivity contribution < 1.29 is 13.2 Å². The van der Waals surface area contributed by atoms with Crippen molar-refractivity contribution in [3.63, 3.8) is 0 Å². The maximum absolute atomic E-state index is 14.1. The third-order valence-electron chi connectivity index (χ3n) is 4.30. The molecule has 0 radical (unpaired) electrons. The number of benzene rings is 1. The molecule has 0 aliphatic carbocycles. The number of alkyl halides is 3. The summed E-state index contributed by atoms with van der Waals surface area (Å²) < 4.78 is 42.7. The lowest BCUT2D eigenvalue weighted by Gasteiger charge is -2.46. The Morgan fingerprint density at radius 1 is 1.25 bits per heavy atom. The first-order valence-corrected chi connectivity index (χ1v) is 9.19. The maximum atomic E-state index is 14.1. The van der Waals surface area contributed by atoms with Crippen LogP contribution < -0.4 is 5.32 Å². The van der Waals surface area contributed by atoms with Gasteiger partial charge in [0.05, 0.1) is 0 Å². The Bertz CT molecular complexity index is 672. The molecule has 1 fully saturated rings. The van der Waals surface area contributed by atoms with Crippen molar-refractivity contribution >= 4 is 28.3 Å². The molecule has 130 valence electrons. The van der Waals surface area contributed by atoms with Gasteiger partial charge in [-0.05, 0) is 37.8 Å². The molecule has 0 amide bonds. The second-order valence-corrected chi connectivity index (χ2v) is 7.98. The van der Waals surface area contributed by atoms with Crippen molar-refractivity contribution in [2.75, 3.05) is 6.54 Å². The van der Waals surface area contributed by atoms with E-state index in [0.29, 0.717) is 24.1 Å². The molecule has 0 bridgehead atoms. The van der Waals surface area contributed by atoms with Crippen LogP contribution in [0.5, 0.6) is 0 Å². The predicted octanol–water partition coefficient (Wildman–Crippen LogP) is 5.05. The van der Waals surface area contributed by atoms with E-state index in [9.17, 15) is 13.2 Å². The smallest absolute Gasteiger partial charge is 0.346 e. The summed E-state index contributed by atoms with van der Waals surface area (Å²) in [7, 11) is 0. The molecule has 1 aromatic rings. The molecular formula is C17H19F3N2S2. The van der Waals surface area contributed by atoms with E-state index in [-0.39, 0.29) is 9.88 Å². The van der Waals surface area contributed by atoms with Crippen LogP contribution in [-0.4, -0.2) is 21.9 Å². The second-order valence-electron chi connectivity index (χ2n) is 6.13. The summed E-state index contributed by atoms with van der Waals surface area (Å²) in [6, 6.07) is 6.54. The summed E-state index contributed by atoms with van der Waals surface area (Å²) in [5.74, 6) is 0.484. The van der Waals surface area contributed by atoms with Gasteiger partial charge < -0.3 is 10.2 Å². The van der Waals surface area contributed by atoms with E-state index in [1.807, 2.05) is 6.08 Å². The maximum Gasteiger partial charge on any atom is 0.425 e. The van der Waals surface area contributed by atoms with Crippen molar-refractivity contribution in [2.45, 2.75) is 43.7 Å². The first-order valence-electron chi connectivity index (χ1n) is 7.96. The summed E-state index contributed by atoms with van der Waals surface area (Å²) >= 11 is 6.05. The highest BCUT2D eigenvalue weighted by atomic mass is 32.2. The Balaban J connectivity index is 2.09. The van der Waals surface area contributed by atoms with Gasteiger partial charge in [-0.2, -0.15) is 13.2 Å². The fourth-order valence-corrected chi connectivity index (χ4v) is 4.69. The summed E-state index contributed by atoms with van der Waals surface area (Å²) in [6.07, 6.45) is 1.11. The van der Waals surface area contributed by atoms with Gasteiger partial charge in [0.1, 0.15) is 10.1 Å². The number of nitrogens with one attached hydrogen (secondary N) is 1. The van der Waals surface area contributed by atoms with Gasteiger partial charge in [-0.15, -0.1) is 0 Å². The standard InChI is InChI=1S/C17H19F3N2S2/c1-12-7-6-8-13(11-12)16(17(18,19)20)21-14-9-4-2-3-5-10-22(14)15(23)24-16/h6-9,11,21H,2-5,10H2,1H3/b14-9-. The summed E-state index contributed by atoms with van der Waals surface area (Å²) in [5.41, 5.74) is 0.975. The Morgan fingerprint density at radius 3 is 2.75 bits per heavy atom. The van der Waals surface area contributed by atoms with Gasteiger partial charge in [0.15, 0.2) is 0 Å². The third-order valence-corrected chi connectivity index (χ3v) is 6.04. The lowest BCUT2D eigenvalue weighted by molar-refractivity contribution is -0.169. The number of aryl methyl sites for hydroxylation is 1. The Morgan fingerprint density at radius 2 is 2.04 bits per heavy atom. The van der Waals surface area contributed by atoms with E-state index < -0.39 is 11.0 Å². The Kier molecular flexibility index (Phi) is 4.84. The van der Waals surface area contributed by atoms with E-state index in [1.54, 1.807) is 30.0 Å². The van der Waals surface area contributed by atoms with Crippen LogP contribution >= 0.6 is 24.0 Å². The van der Waals surface area contributed by atoms with Crippen LogP contribution in [0, 0.1) is 6.92 Å². The number of rotatable bonds is 1. The fourth-order valence-electron chi connectivity index (χ4n) is 3.05. The number of hydrogen-bond donors (Lipinski definition) is 1. The van der Waals surface area contributed by atoms with E-state index in [0.717, 1.165) is 31.2 Å². The minimum absolute atomic E-state index is 0.185. The highest BCUT2D eigenvalue weighted by Crippen LogP contribution is 2.52. The molecule has 1 aromatic carbocycles. The number of allylic oxidation sites excluding steroid dienone is 1. The molecule has 24 heavy (non-hydrogen) atoms. The van der Waals surface area contributed by atoms with Crippen molar-refractivity contribution in [1.29, 1.82) is 0 Å². The zero-order valence-electron chi connectivity index (χ0n) is 13.3. The van der Waals surface area contributed by atoms with Crippen molar-refractivity contribution in [3.05, 3.63) is 47.3 Å². The number of halogens is 3. The van der Waals surface area contributed by atoms with Crippen LogP contribution in [0.4, 0.5) is 13.2 Å². The van der Waals surface area contributed by atoms with Gasteiger partial charge in [-0.1, -0.05) is 60.2 Å². The molecule has 2 aliphatic heterocycles. The van der Waals surface area contributed by atoms with E-state index >= 15 is 0 Å². The molecule has 1 atom stereocenters. The van der Waals surface area contributed by atoms with Crippen LogP contribution in [0.2, 0.25) is 0 Å².